The molecule has 0 bridgehead atoms. The molecule has 1 aliphatic rings. The van der Waals surface area contributed by atoms with E-state index in [0.717, 1.165) is 22.1 Å². The topological polar surface area (TPSA) is 72.2 Å². The standard InChI is InChI=1S/C12H20N2O2S2/c1-9-12(7-11(8-13)17-9)18(15,16)14-6-5-10-3-2-4-10/h7,10,14H,2-6,8,13H2,1H3. The lowest BCUT2D eigenvalue weighted by atomic mass is 9.83. The Morgan fingerprint density at radius 3 is 2.72 bits per heavy atom. The summed E-state index contributed by atoms with van der Waals surface area (Å²) in [6.07, 6.45) is 4.74. The fourth-order valence-electron chi connectivity index (χ4n) is 2.15. The van der Waals surface area contributed by atoms with Gasteiger partial charge in [-0.05, 0) is 25.3 Å². The molecule has 1 fully saturated rings. The van der Waals surface area contributed by atoms with Crippen molar-refractivity contribution in [3.8, 4) is 0 Å². The van der Waals surface area contributed by atoms with Crippen molar-refractivity contribution in [2.24, 2.45) is 11.7 Å². The molecule has 0 aromatic carbocycles. The summed E-state index contributed by atoms with van der Waals surface area (Å²) in [4.78, 5) is 2.11. The summed E-state index contributed by atoms with van der Waals surface area (Å²) >= 11 is 1.45. The smallest absolute Gasteiger partial charge is 0.241 e. The Bertz CT molecular complexity index is 504. The molecule has 0 radical (unpaired) electrons. The van der Waals surface area contributed by atoms with Gasteiger partial charge in [0.1, 0.15) is 0 Å². The van der Waals surface area contributed by atoms with Crippen LogP contribution in [-0.2, 0) is 16.6 Å². The molecule has 4 nitrogen and oxygen atoms in total. The second-order valence-corrected chi connectivity index (χ2v) is 7.90. The van der Waals surface area contributed by atoms with Gasteiger partial charge in [0, 0.05) is 22.8 Å². The van der Waals surface area contributed by atoms with E-state index in [1.54, 1.807) is 6.07 Å². The second kappa shape index (κ2) is 5.69. The maximum Gasteiger partial charge on any atom is 0.241 e. The van der Waals surface area contributed by atoms with Crippen molar-refractivity contribution in [1.29, 1.82) is 0 Å². The van der Waals surface area contributed by atoms with Gasteiger partial charge in [-0.2, -0.15) is 0 Å². The van der Waals surface area contributed by atoms with E-state index in [2.05, 4.69) is 4.72 Å². The molecule has 6 heteroatoms. The van der Waals surface area contributed by atoms with Gasteiger partial charge in [0.25, 0.3) is 0 Å². The zero-order valence-electron chi connectivity index (χ0n) is 10.6. The van der Waals surface area contributed by atoms with Crippen LogP contribution in [0.15, 0.2) is 11.0 Å². The largest absolute Gasteiger partial charge is 0.326 e. The van der Waals surface area contributed by atoms with E-state index in [0.29, 0.717) is 18.0 Å². The van der Waals surface area contributed by atoms with Gasteiger partial charge in [-0.3, -0.25) is 0 Å². The van der Waals surface area contributed by atoms with Crippen molar-refractivity contribution in [3.05, 3.63) is 15.8 Å². The molecule has 0 amide bonds. The van der Waals surface area contributed by atoms with Gasteiger partial charge in [0.15, 0.2) is 0 Å². The van der Waals surface area contributed by atoms with Crippen molar-refractivity contribution in [3.63, 3.8) is 0 Å². The summed E-state index contributed by atoms with van der Waals surface area (Å²) in [5.41, 5.74) is 5.54. The number of aryl methyl sites for hydroxylation is 1. The van der Waals surface area contributed by atoms with Gasteiger partial charge in [-0.15, -0.1) is 11.3 Å². The molecular formula is C12H20N2O2S2. The molecule has 0 aliphatic heterocycles. The molecular weight excluding hydrogens is 268 g/mol. The first-order valence-corrected chi connectivity index (χ1v) is 8.62. The number of hydrogen-bond donors (Lipinski definition) is 2. The minimum Gasteiger partial charge on any atom is -0.326 e. The van der Waals surface area contributed by atoms with Crippen LogP contribution in [0.1, 0.15) is 35.4 Å². The number of nitrogens with two attached hydrogens (primary N) is 1. The van der Waals surface area contributed by atoms with Crippen molar-refractivity contribution < 1.29 is 8.42 Å². The molecule has 1 aliphatic carbocycles. The molecule has 2 rings (SSSR count). The molecule has 3 N–H and O–H groups in total. The molecule has 1 aromatic heterocycles. The lowest BCUT2D eigenvalue weighted by molar-refractivity contribution is 0.297. The predicted octanol–water partition coefficient (Wildman–Crippen LogP) is 1.98. The predicted molar refractivity (Wildman–Crippen MR) is 74.1 cm³/mol. The van der Waals surface area contributed by atoms with Crippen molar-refractivity contribution in [1.82, 2.24) is 4.72 Å². The summed E-state index contributed by atoms with van der Waals surface area (Å²) in [6, 6.07) is 1.69. The average molecular weight is 288 g/mol. The van der Waals surface area contributed by atoms with E-state index >= 15 is 0 Å². The Balaban J connectivity index is 1.97. The van der Waals surface area contributed by atoms with Crippen molar-refractivity contribution in [2.45, 2.75) is 44.0 Å². The summed E-state index contributed by atoms with van der Waals surface area (Å²) in [5.74, 6) is 0.718. The first kappa shape index (κ1) is 14.0. The van der Waals surface area contributed by atoms with Gasteiger partial charge >= 0.3 is 0 Å². The molecule has 18 heavy (non-hydrogen) atoms. The van der Waals surface area contributed by atoms with Crippen LogP contribution in [0.25, 0.3) is 0 Å². The lowest BCUT2D eigenvalue weighted by Gasteiger charge is -2.25. The number of hydrogen-bond acceptors (Lipinski definition) is 4. The van der Waals surface area contributed by atoms with E-state index in [-0.39, 0.29) is 0 Å². The molecule has 1 heterocycles. The number of nitrogens with one attached hydrogen (secondary N) is 1. The third-order valence-electron chi connectivity index (χ3n) is 3.48. The van der Waals surface area contributed by atoms with E-state index in [9.17, 15) is 8.42 Å². The molecule has 0 atom stereocenters. The Labute approximate surface area is 113 Å². The van der Waals surface area contributed by atoms with Crippen LogP contribution in [0.5, 0.6) is 0 Å². The van der Waals surface area contributed by atoms with Crippen LogP contribution < -0.4 is 10.5 Å². The van der Waals surface area contributed by atoms with E-state index < -0.39 is 10.0 Å². The Hall–Kier alpha value is -0.430. The van der Waals surface area contributed by atoms with E-state index in [1.807, 2.05) is 6.92 Å². The van der Waals surface area contributed by atoms with Crippen LogP contribution >= 0.6 is 11.3 Å². The maximum absolute atomic E-state index is 12.1. The summed E-state index contributed by atoms with van der Waals surface area (Å²) in [5, 5.41) is 0. The van der Waals surface area contributed by atoms with Gasteiger partial charge < -0.3 is 5.73 Å². The van der Waals surface area contributed by atoms with Crippen LogP contribution in [0.2, 0.25) is 0 Å². The van der Waals surface area contributed by atoms with Crippen LogP contribution in [0.3, 0.4) is 0 Å². The normalized spacial score (nSPS) is 16.8. The fourth-order valence-corrected chi connectivity index (χ4v) is 4.71. The zero-order chi connectivity index (χ0) is 13.2. The highest BCUT2D eigenvalue weighted by Crippen LogP contribution is 2.29. The van der Waals surface area contributed by atoms with Crippen LogP contribution in [0.4, 0.5) is 0 Å². The van der Waals surface area contributed by atoms with Crippen LogP contribution in [-0.4, -0.2) is 15.0 Å². The summed E-state index contributed by atoms with van der Waals surface area (Å²) in [6.45, 7) is 2.76. The van der Waals surface area contributed by atoms with Gasteiger partial charge in [0.2, 0.25) is 10.0 Å². The number of sulfonamides is 1. The Morgan fingerprint density at radius 1 is 1.50 bits per heavy atom. The highest BCUT2D eigenvalue weighted by atomic mass is 32.2. The van der Waals surface area contributed by atoms with Crippen molar-refractivity contribution >= 4 is 21.4 Å². The minimum absolute atomic E-state index is 0.390. The second-order valence-electron chi connectivity index (χ2n) is 4.82. The van der Waals surface area contributed by atoms with E-state index in [4.69, 9.17) is 5.73 Å². The maximum atomic E-state index is 12.1. The fraction of sp³-hybridized carbons (Fsp3) is 0.667. The summed E-state index contributed by atoms with van der Waals surface area (Å²) < 4.78 is 26.9. The third kappa shape index (κ3) is 3.12. The first-order chi connectivity index (χ1) is 8.53. The Morgan fingerprint density at radius 2 is 2.22 bits per heavy atom. The monoisotopic (exact) mass is 288 g/mol. The van der Waals surface area contributed by atoms with Gasteiger partial charge in [-0.25, -0.2) is 13.1 Å². The average Bonchev–Trinajstić information content (AvgIpc) is 2.64. The highest BCUT2D eigenvalue weighted by Gasteiger charge is 2.21. The molecule has 0 saturated heterocycles. The van der Waals surface area contributed by atoms with E-state index in [1.165, 1.54) is 30.6 Å². The highest BCUT2D eigenvalue weighted by molar-refractivity contribution is 7.89. The third-order valence-corrected chi connectivity index (χ3v) is 6.27. The first-order valence-electron chi connectivity index (χ1n) is 6.32. The quantitative estimate of drug-likeness (QED) is 0.841. The number of thiophene rings is 1. The minimum atomic E-state index is -3.36. The van der Waals surface area contributed by atoms with Gasteiger partial charge in [0.05, 0.1) is 4.90 Å². The zero-order valence-corrected chi connectivity index (χ0v) is 12.2. The van der Waals surface area contributed by atoms with Gasteiger partial charge in [-0.1, -0.05) is 19.3 Å². The molecule has 0 unspecified atom stereocenters. The summed E-state index contributed by atoms with van der Waals surface area (Å²) in [7, 11) is -3.36. The lowest BCUT2D eigenvalue weighted by Crippen LogP contribution is -2.27. The Kier molecular flexibility index (Phi) is 4.42. The van der Waals surface area contributed by atoms with Crippen molar-refractivity contribution in [2.75, 3.05) is 6.54 Å². The molecule has 0 spiro atoms. The number of rotatable bonds is 6. The SMILES string of the molecule is Cc1sc(CN)cc1S(=O)(=O)NCCC1CCC1. The van der Waals surface area contributed by atoms with Crippen LogP contribution in [0, 0.1) is 12.8 Å². The molecule has 1 aromatic rings. The molecule has 1 saturated carbocycles. The molecule has 102 valence electrons.